The third-order valence-electron chi connectivity index (χ3n) is 3.47. The largest absolute Gasteiger partial charge is 0.393 e. The van der Waals surface area contributed by atoms with Gasteiger partial charge in [-0.3, -0.25) is 0 Å². The summed E-state index contributed by atoms with van der Waals surface area (Å²) < 4.78 is 2.20. The van der Waals surface area contributed by atoms with Gasteiger partial charge in [0, 0.05) is 24.0 Å². The lowest BCUT2D eigenvalue weighted by Gasteiger charge is -2.15. The molecule has 17 heavy (non-hydrogen) atoms. The molecule has 1 aliphatic carbocycles. The van der Waals surface area contributed by atoms with Crippen molar-refractivity contribution in [3.8, 4) is 11.4 Å². The average Bonchev–Trinajstić information content (AvgIpc) is 2.98. The van der Waals surface area contributed by atoms with Crippen molar-refractivity contribution in [3.05, 3.63) is 42.7 Å². The molecule has 88 valence electrons. The van der Waals surface area contributed by atoms with Crippen LogP contribution in [0.5, 0.6) is 0 Å². The first-order chi connectivity index (χ1) is 8.34. The number of benzene rings is 1. The van der Waals surface area contributed by atoms with Crippen molar-refractivity contribution in [2.75, 3.05) is 0 Å². The summed E-state index contributed by atoms with van der Waals surface area (Å²) in [4.78, 5) is 4.44. The molecule has 3 heteroatoms. The second kappa shape index (κ2) is 4.34. The lowest BCUT2D eigenvalue weighted by atomic mass is 10.2. The average molecular weight is 228 g/mol. The van der Waals surface area contributed by atoms with Crippen LogP contribution in [0.1, 0.15) is 25.3 Å². The van der Waals surface area contributed by atoms with Crippen LogP contribution in [0.4, 0.5) is 0 Å². The molecule has 2 unspecified atom stereocenters. The van der Waals surface area contributed by atoms with E-state index in [2.05, 4.69) is 21.7 Å². The minimum atomic E-state index is -0.147. The van der Waals surface area contributed by atoms with Crippen LogP contribution in [-0.2, 0) is 0 Å². The molecule has 0 radical (unpaired) electrons. The molecule has 2 aromatic rings. The Hall–Kier alpha value is -1.61. The van der Waals surface area contributed by atoms with Gasteiger partial charge in [0.15, 0.2) is 0 Å². The predicted molar refractivity (Wildman–Crippen MR) is 66.6 cm³/mol. The molecular formula is C14H16N2O. The summed E-state index contributed by atoms with van der Waals surface area (Å²) in [5.41, 5.74) is 1.14. The number of aliphatic hydroxyl groups is 1. The van der Waals surface area contributed by atoms with Gasteiger partial charge < -0.3 is 9.67 Å². The van der Waals surface area contributed by atoms with Crippen LogP contribution in [0.3, 0.4) is 0 Å². The quantitative estimate of drug-likeness (QED) is 0.858. The van der Waals surface area contributed by atoms with E-state index in [0.717, 1.165) is 30.7 Å². The van der Waals surface area contributed by atoms with E-state index in [-0.39, 0.29) is 6.10 Å². The lowest BCUT2D eigenvalue weighted by Crippen LogP contribution is -2.07. The van der Waals surface area contributed by atoms with Crippen molar-refractivity contribution >= 4 is 0 Å². The van der Waals surface area contributed by atoms with Crippen molar-refractivity contribution in [1.29, 1.82) is 0 Å². The molecule has 1 fully saturated rings. The molecule has 1 saturated carbocycles. The number of aliphatic hydroxyl groups excluding tert-OH is 1. The molecular weight excluding hydrogens is 212 g/mol. The molecule has 0 aliphatic heterocycles. The molecule has 1 N–H and O–H groups in total. The molecule has 3 nitrogen and oxygen atoms in total. The van der Waals surface area contributed by atoms with E-state index in [9.17, 15) is 5.11 Å². The maximum atomic E-state index is 9.63. The maximum absolute atomic E-state index is 9.63. The van der Waals surface area contributed by atoms with Gasteiger partial charge in [0.1, 0.15) is 5.82 Å². The fraction of sp³-hybridized carbons (Fsp3) is 0.357. The number of nitrogens with zero attached hydrogens (tertiary/aromatic N) is 2. The summed E-state index contributed by atoms with van der Waals surface area (Å²) in [6.45, 7) is 0. The van der Waals surface area contributed by atoms with Crippen LogP contribution >= 0.6 is 0 Å². The third-order valence-corrected chi connectivity index (χ3v) is 3.47. The SMILES string of the molecule is OC1CCC(n2ccnc2-c2ccccc2)C1. The van der Waals surface area contributed by atoms with Crippen LogP contribution in [-0.4, -0.2) is 20.8 Å². The van der Waals surface area contributed by atoms with Gasteiger partial charge in [-0.15, -0.1) is 0 Å². The second-order valence-corrected chi connectivity index (χ2v) is 4.64. The first kappa shape index (κ1) is 10.5. The molecule has 1 heterocycles. The van der Waals surface area contributed by atoms with E-state index in [0.29, 0.717) is 6.04 Å². The van der Waals surface area contributed by atoms with Gasteiger partial charge in [0.2, 0.25) is 0 Å². The highest BCUT2D eigenvalue weighted by atomic mass is 16.3. The monoisotopic (exact) mass is 228 g/mol. The number of hydrogen-bond donors (Lipinski definition) is 1. The number of rotatable bonds is 2. The van der Waals surface area contributed by atoms with Gasteiger partial charge in [-0.1, -0.05) is 30.3 Å². The Labute approximate surface area is 101 Å². The van der Waals surface area contributed by atoms with Crippen molar-refractivity contribution in [1.82, 2.24) is 9.55 Å². The predicted octanol–water partition coefficient (Wildman–Crippen LogP) is 2.64. The summed E-state index contributed by atoms with van der Waals surface area (Å²) in [6, 6.07) is 10.6. The summed E-state index contributed by atoms with van der Waals surface area (Å²) in [7, 11) is 0. The zero-order valence-corrected chi connectivity index (χ0v) is 9.66. The van der Waals surface area contributed by atoms with E-state index in [1.165, 1.54) is 0 Å². The fourth-order valence-electron chi connectivity index (χ4n) is 2.61. The number of aromatic nitrogens is 2. The Bertz CT molecular complexity index is 492. The third kappa shape index (κ3) is 1.98. The van der Waals surface area contributed by atoms with Crippen LogP contribution in [0.15, 0.2) is 42.7 Å². The molecule has 0 saturated heterocycles. The Morgan fingerprint density at radius 2 is 2.00 bits per heavy atom. The minimum Gasteiger partial charge on any atom is -0.393 e. The van der Waals surface area contributed by atoms with Crippen LogP contribution in [0.25, 0.3) is 11.4 Å². The van der Waals surface area contributed by atoms with E-state index in [1.54, 1.807) is 0 Å². The van der Waals surface area contributed by atoms with Crippen molar-refractivity contribution in [2.24, 2.45) is 0 Å². The minimum absolute atomic E-state index is 0.147. The maximum Gasteiger partial charge on any atom is 0.140 e. The van der Waals surface area contributed by atoms with Gasteiger partial charge in [0.05, 0.1) is 6.10 Å². The zero-order valence-electron chi connectivity index (χ0n) is 9.66. The summed E-state index contributed by atoms with van der Waals surface area (Å²) in [5.74, 6) is 1.00. The first-order valence-electron chi connectivity index (χ1n) is 6.11. The molecule has 1 aromatic carbocycles. The fourth-order valence-corrected chi connectivity index (χ4v) is 2.61. The molecule has 0 bridgehead atoms. The highest BCUT2D eigenvalue weighted by Gasteiger charge is 2.25. The normalized spacial score (nSPS) is 24.1. The van der Waals surface area contributed by atoms with E-state index in [4.69, 9.17) is 0 Å². The highest BCUT2D eigenvalue weighted by molar-refractivity contribution is 5.55. The van der Waals surface area contributed by atoms with E-state index in [1.807, 2.05) is 30.6 Å². The van der Waals surface area contributed by atoms with E-state index >= 15 is 0 Å². The summed E-state index contributed by atoms with van der Waals surface area (Å²) in [5, 5.41) is 9.63. The number of hydrogen-bond acceptors (Lipinski definition) is 2. The zero-order chi connectivity index (χ0) is 11.7. The molecule has 2 atom stereocenters. The van der Waals surface area contributed by atoms with Gasteiger partial charge >= 0.3 is 0 Å². The van der Waals surface area contributed by atoms with Crippen molar-refractivity contribution in [2.45, 2.75) is 31.4 Å². The standard InChI is InChI=1S/C14H16N2O/c17-13-7-6-12(10-13)16-9-8-15-14(16)11-4-2-1-3-5-11/h1-5,8-9,12-13,17H,6-7,10H2. The first-order valence-corrected chi connectivity index (χ1v) is 6.11. The molecule has 0 spiro atoms. The van der Waals surface area contributed by atoms with Crippen LogP contribution in [0.2, 0.25) is 0 Å². The summed E-state index contributed by atoms with van der Waals surface area (Å²) in [6.07, 6.45) is 6.49. The van der Waals surface area contributed by atoms with Gasteiger partial charge in [-0.2, -0.15) is 0 Å². The van der Waals surface area contributed by atoms with Crippen LogP contribution < -0.4 is 0 Å². The van der Waals surface area contributed by atoms with Gasteiger partial charge in [-0.05, 0) is 19.3 Å². The molecule has 1 aromatic heterocycles. The van der Waals surface area contributed by atoms with Gasteiger partial charge in [0.25, 0.3) is 0 Å². The van der Waals surface area contributed by atoms with Crippen LogP contribution in [0, 0.1) is 0 Å². The van der Waals surface area contributed by atoms with Crippen molar-refractivity contribution < 1.29 is 5.11 Å². The second-order valence-electron chi connectivity index (χ2n) is 4.64. The van der Waals surface area contributed by atoms with Gasteiger partial charge in [-0.25, -0.2) is 4.98 Å². The smallest absolute Gasteiger partial charge is 0.140 e. The molecule has 1 aliphatic rings. The Morgan fingerprint density at radius 3 is 2.71 bits per heavy atom. The highest BCUT2D eigenvalue weighted by Crippen LogP contribution is 2.33. The van der Waals surface area contributed by atoms with E-state index < -0.39 is 0 Å². The Kier molecular flexibility index (Phi) is 2.69. The molecule has 3 rings (SSSR count). The lowest BCUT2D eigenvalue weighted by molar-refractivity contribution is 0.178. The number of imidazole rings is 1. The Morgan fingerprint density at radius 1 is 1.18 bits per heavy atom. The van der Waals surface area contributed by atoms with Crippen molar-refractivity contribution in [3.63, 3.8) is 0 Å². The topological polar surface area (TPSA) is 38.0 Å². The molecule has 0 amide bonds. The summed E-state index contributed by atoms with van der Waals surface area (Å²) >= 11 is 0. The Balaban J connectivity index is 1.95.